The van der Waals surface area contributed by atoms with Crippen LogP contribution in [-0.2, 0) is 4.79 Å². The molecule has 1 N–H and O–H groups in total. The van der Waals surface area contributed by atoms with Gasteiger partial charge in [0.25, 0.3) is 0 Å². The molecule has 0 saturated heterocycles. The van der Waals surface area contributed by atoms with Crippen molar-refractivity contribution in [3.63, 3.8) is 0 Å². The lowest BCUT2D eigenvalue weighted by Gasteiger charge is -2.16. The quantitative estimate of drug-likeness (QED) is 0.785. The first-order valence-corrected chi connectivity index (χ1v) is 6.08. The van der Waals surface area contributed by atoms with Crippen LogP contribution >= 0.6 is 11.6 Å². The van der Waals surface area contributed by atoms with Gasteiger partial charge >= 0.3 is 0 Å². The number of halogens is 1. The predicted octanol–water partition coefficient (Wildman–Crippen LogP) is 3.27. The number of carbonyl (C=O) groups is 1. The molecule has 0 heterocycles. The van der Waals surface area contributed by atoms with Gasteiger partial charge in [-0.2, -0.15) is 0 Å². The van der Waals surface area contributed by atoms with Gasteiger partial charge in [-0.15, -0.1) is 11.6 Å². The van der Waals surface area contributed by atoms with E-state index in [2.05, 4.69) is 5.32 Å². The maximum Gasteiger partial charge on any atom is 0.238 e. The van der Waals surface area contributed by atoms with Gasteiger partial charge in [-0.1, -0.05) is 43.7 Å². The lowest BCUT2D eigenvalue weighted by atomic mass is 10.1. The first-order chi connectivity index (χ1) is 7.65. The number of hydrogen-bond donors (Lipinski definition) is 1. The molecule has 0 unspecified atom stereocenters. The van der Waals surface area contributed by atoms with Crippen molar-refractivity contribution in [2.75, 3.05) is 0 Å². The third-order valence-corrected chi connectivity index (χ3v) is 2.90. The van der Waals surface area contributed by atoms with Crippen molar-refractivity contribution in [1.29, 1.82) is 0 Å². The highest BCUT2D eigenvalue weighted by Gasteiger charge is 2.16. The van der Waals surface area contributed by atoms with Crippen LogP contribution in [0.3, 0.4) is 0 Å². The Kier molecular flexibility index (Phi) is 5.33. The number of rotatable bonds is 5. The van der Waals surface area contributed by atoms with E-state index in [9.17, 15) is 4.79 Å². The first-order valence-electron chi connectivity index (χ1n) is 5.64. The number of nitrogens with one attached hydrogen (secondary N) is 1. The molecule has 1 amide bonds. The van der Waals surface area contributed by atoms with Gasteiger partial charge in [-0.05, 0) is 18.9 Å². The molecular formula is C13H18ClNO. The van der Waals surface area contributed by atoms with Crippen LogP contribution in [0.4, 0.5) is 0 Å². The predicted molar refractivity (Wildman–Crippen MR) is 67.5 cm³/mol. The van der Waals surface area contributed by atoms with Gasteiger partial charge in [0.2, 0.25) is 5.91 Å². The zero-order valence-electron chi connectivity index (χ0n) is 9.74. The van der Waals surface area contributed by atoms with E-state index in [1.807, 2.05) is 44.2 Å². The molecule has 2 atom stereocenters. The summed E-state index contributed by atoms with van der Waals surface area (Å²) < 4.78 is 0. The molecule has 2 nitrogen and oxygen atoms in total. The Balaban J connectivity index is 2.51. The van der Waals surface area contributed by atoms with Crippen LogP contribution in [0.2, 0.25) is 0 Å². The van der Waals surface area contributed by atoms with Crippen molar-refractivity contribution in [3.05, 3.63) is 35.9 Å². The van der Waals surface area contributed by atoms with E-state index < -0.39 is 5.38 Å². The molecule has 0 spiro atoms. The number of amides is 1. The van der Waals surface area contributed by atoms with Gasteiger partial charge < -0.3 is 5.32 Å². The van der Waals surface area contributed by atoms with Gasteiger partial charge in [0, 0.05) is 0 Å². The van der Waals surface area contributed by atoms with Crippen molar-refractivity contribution >= 4 is 17.5 Å². The van der Waals surface area contributed by atoms with E-state index in [1.54, 1.807) is 0 Å². The van der Waals surface area contributed by atoms with Gasteiger partial charge in [-0.25, -0.2) is 0 Å². The third kappa shape index (κ3) is 3.86. The summed E-state index contributed by atoms with van der Waals surface area (Å²) in [5.74, 6) is -0.0835. The molecule has 0 bridgehead atoms. The normalized spacial score (nSPS) is 14.2. The summed E-state index contributed by atoms with van der Waals surface area (Å²) in [6.45, 7) is 3.98. The Bertz CT molecular complexity index is 326. The largest absolute Gasteiger partial charge is 0.348 e. The molecule has 0 radical (unpaired) electrons. The highest BCUT2D eigenvalue weighted by molar-refractivity contribution is 6.30. The maximum atomic E-state index is 11.7. The molecule has 1 rings (SSSR count). The van der Waals surface area contributed by atoms with Crippen molar-refractivity contribution in [2.45, 2.75) is 38.1 Å². The fourth-order valence-electron chi connectivity index (χ4n) is 1.51. The van der Waals surface area contributed by atoms with Gasteiger partial charge in [-0.3, -0.25) is 4.79 Å². The molecule has 0 aliphatic rings. The molecule has 0 aliphatic carbocycles. The van der Waals surface area contributed by atoms with E-state index in [0.717, 1.165) is 18.4 Å². The number of hydrogen-bond acceptors (Lipinski definition) is 1. The average Bonchev–Trinajstić information content (AvgIpc) is 2.30. The second-order valence-corrected chi connectivity index (χ2v) is 4.42. The monoisotopic (exact) mass is 239 g/mol. The lowest BCUT2D eigenvalue weighted by Crippen LogP contribution is -2.33. The van der Waals surface area contributed by atoms with Crippen molar-refractivity contribution < 1.29 is 4.79 Å². The average molecular weight is 240 g/mol. The number of carbonyl (C=O) groups excluding carboxylic acids is 1. The molecule has 16 heavy (non-hydrogen) atoms. The standard InChI is InChI=1S/C13H18ClNO/c1-3-7-12(14)13(16)15-10(2)11-8-5-4-6-9-11/h4-6,8-10,12H,3,7H2,1-2H3,(H,15,16)/t10-,12+/m0/s1. The highest BCUT2D eigenvalue weighted by Crippen LogP contribution is 2.13. The van der Waals surface area contributed by atoms with E-state index in [-0.39, 0.29) is 11.9 Å². The minimum absolute atomic E-state index is 0.00630. The summed E-state index contributed by atoms with van der Waals surface area (Å²) in [6.07, 6.45) is 1.64. The minimum Gasteiger partial charge on any atom is -0.348 e. The summed E-state index contributed by atoms with van der Waals surface area (Å²) in [7, 11) is 0. The SMILES string of the molecule is CCC[C@@H](Cl)C(=O)N[C@@H](C)c1ccccc1. The van der Waals surface area contributed by atoms with E-state index in [4.69, 9.17) is 11.6 Å². The summed E-state index contributed by atoms with van der Waals surface area (Å²) in [4.78, 5) is 11.7. The molecule has 1 aromatic carbocycles. The maximum absolute atomic E-state index is 11.7. The van der Waals surface area contributed by atoms with Crippen molar-refractivity contribution in [1.82, 2.24) is 5.32 Å². The molecule has 3 heteroatoms. The van der Waals surface area contributed by atoms with E-state index in [0.29, 0.717) is 0 Å². The smallest absolute Gasteiger partial charge is 0.238 e. The van der Waals surface area contributed by atoms with Gasteiger partial charge in [0.05, 0.1) is 6.04 Å². The zero-order chi connectivity index (χ0) is 12.0. The van der Waals surface area contributed by atoms with E-state index >= 15 is 0 Å². The van der Waals surface area contributed by atoms with Crippen LogP contribution in [0.5, 0.6) is 0 Å². The molecule has 0 aliphatic heterocycles. The van der Waals surface area contributed by atoms with Gasteiger partial charge in [0.1, 0.15) is 5.38 Å². The third-order valence-electron chi connectivity index (χ3n) is 2.48. The Morgan fingerprint density at radius 1 is 1.38 bits per heavy atom. The molecule has 0 aromatic heterocycles. The summed E-state index contributed by atoms with van der Waals surface area (Å²) >= 11 is 5.95. The Morgan fingerprint density at radius 3 is 2.56 bits per heavy atom. The van der Waals surface area contributed by atoms with Crippen LogP contribution in [0.15, 0.2) is 30.3 Å². The molecule has 1 aromatic rings. The van der Waals surface area contributed by atoms with Crippen LogP contribution in [0.25, 0.3) is 0 Å². The molecular weight excluding hydrogens is 222 g/mol. The van der Waals surface area contributed by atoms with Crippen molar-refractivity contribution in [2.24, 2.45) is 0 Å². The zero-order valence-corrected chi connectivity index (χ0v) is 10.5. The van der Waals surface area contributed by atoms with Crippen LogP contribution < -0.4 is 5.32 Å². The molecule has 0 fully saturated rings. The molecule has 88 valence electrons. The van der Waals surface area contributed by atoms with Gasteiger partial charge in [0.15, 0.2) is 0 Å². The van der Waals surface area contributed by atoms with Crippen LogP contribution in [0.1, 0.15) is 38.3 Å². The second-order valence-electron chi connectivity index (χ2n) is 3.90. The van der Waals surface area contributed by atoms with Crippen LogP contribution in [-0.4, -0.2) is 11.3 Å². The number of benzene rings is 1. The first kappa shape index (κ1) is 13.0. The minimum atomic E-state index is -0.420. The summed E-state index contributed by atoms with van der Waals surface area (Å²) in [6, 6.07) is 9.87. The summed E-state index contributed by atoms with van der Waals surface area (Å²) in [5.41, 5.74) is 1.09. The molecule has 0 saturated carbocycles. The van der Waals surface area contributed by atoms with Crippen molar-refractivity contribution in [3.8, 4) is 0 Å². The van der Waals surface area contributed by atoms with E-state index in [1.165, 1.54) is 0 Å². The Morgan fingerprint density at radius 2 is 2.00 bits per heavy atom. The van der Waals surface area contributed by atoms with Crippen LogP contribution in [0, 0.1) is 0 Å². The topological polar surface area (TPSA) is 29.1 Å². The Hall–Kier alpha value is -1.02. The number of alkyl halides is 1. The second kappa shape index (κ2) is 6.54. The highest BCUT2D eigenvalue weighted by atomic mass is 35.5. The summed E-state index contributed by atoms with van der Waals surface area (Å²) in [5, 5.41) is 2.49. The lowest BCUT2D eigenvalue weighted by molar-refractivity contribution is -0.121. The fraction of sp³-hybridized carbons (Fsp3) is 0.462. The Labute approximate surface area is 102 Å². The fourth-order valence-corrected chi connectivity index (χ4v) is 1.79.